The molecule has 84 valence electrons. The minimum atomic E-state index is -1.14. The van der Waals surface area contributed by atoms with Crippen LogP contribution in [0, 0.1) is 5.92 Å². The number of hydrogen-bond donors (Lipinski definition) is 2. The summed E-state index contributed by atoms with van der Waals surface area (Å²) in [7, 11) is 0. The third-order valence-electron chi connectivity index (χ3n) is 2.43. The van der Waals surface area contributed by atoms with E-state index in [0.29, 0.717) is 0 Å². The Bertz CT molecular complexity index is 455. The molecule has 2 N–H and O–H groups in total. The first-order valence-corrected chi connectivity index (χ1v) is 5.30. The van der Waals surface area contributed by atoms with Gasteiger partial charge >= 0.3 is 5.97 Å². The Morgan fingerprint density at radius 2 is 2.06 bits per heavy atom. The zero-order chi connectivity index (χ0) is 11.7. The summed E-state index contributed by atoms with van der Waals surface area (Å²) in [6.07, 6.45) is 1.74. The number of amides is 1. The van der Waals surface area contributed by atoms with Crippen molar-refractivity contribution in [1.82, 2.24) is 0 Å². The molecule has 1 amide bonds. The summed E-state index contributed by atoms with van der Waals surface area (Å²) in [5.74, 6) is -1.25. The molecule has 0 aromatic heterocycles. The fraction of sp³-hybridized carbons (Fsp3) is 0.273. The van der Waals surface area contributed by atoms with Crippen LogP contribution in [0.2, 0.25) is 5.02 Å². The Kier molecular flexibility index (Phi) is 2.83. The van der Waals surface area contributed by atoms with Crippen LogP contribution in [-0.4, -0.2) is 17.0 Å². The number of nitrogens with one attached hydrogen (secondary N) is 1. The van der Waals surface area contributed by atoms with Gasteiger partial charge < -0.3 is 10.4 Å². The Morgan fingerprint density at radius 3 is 2.62 bits per heavy atom. The van der Waals surface area contributed by atoms with Crippen LogP contribution in [0.3, 0.4) is 0 Å². The Balaban J connectivity index is 2.28. The lowest BCUT2D eigenvalue weighted by molar-refractivity contribution is -0.117. The summed E-state index contributed by atoms with van der Waals surface area (Å²) < 4.78 is 0. The Morgan fingerprint density at radius 1 is 1.38 bits per heavy atom. The van der Waals surface area contributed by atoms with E-state index in [1.165, 1.54) is 12.1 Å². The summed E-state index contributed by atoms with van der Waals surface area (Å²) >= 11 is 5.77. The minimum Gasteiger partial charge on any atom is -0.478 e. The van der Waals surface area contributed by atoms with Gasteiger partial charge in [0.25, 0.3) is 0 Å². The minimum absolute atomic E-state index is 0.0284. The van der Waals surface area contributed by atoms with E-state index in [1.807, 2.05) is 0 Å². The fourth-order valence-corrected chi connectivity index (χ4v) is 1.68. The fourth-order valence-electron chi connectivity index (χ4n) is 1.43. The second-order valence-electron chi connectivity index (χ2n) is 3.73. The van der Waals surface area contributed by atoms with Crippen molar-refractivity contribution in [1.29, 1.82) is 0 Å². The number of carboxylic acid groups (broad SMARTS) is 1. The highest BCUT2D eigenvalue weighted by molar-refractivity contribution is 6.34. The largest absolute Gasteiger partial charge is 0.478 e. The van der Waals surface area contributed by atoms with Gasteiger partial charge in [-0.05, 0) is 25.0 Å². The van der Waals surface area contributed by atoms with Gasteiger partial charge in [0, 0.05) is 5.92 Å². The summed E-state index contributed by atoms with van der Waals surface area (Å²) in [5, 5.41) is 11.7. The molecule has 5 heteroatoms. The second kappa shape index (κ2) is 4.14. The lowest BCUT2D eigenvalue weighted by Gasteiger charge is -2.08. The maximum absolute atomic E-state index is 11.5. The van der Waals surface area contributed by atoms with Crippen molar-refractivity contribution >= 4 is 29.2 Å². The number of carboxylic acids is 1. The van der Waals surface area contributed by atoms with Crippen molar-refractivity contribution < 1.29 is 14.7 Å². The highest BCUT2D eigenvalue weighted by Crippen LogP contribution is 2.31. The number of rotatable bonds is 3. The van der Waals surface area contributed by atoms with Crippen molar-refractivity contribution in [2.75, 3.05) is 5.32 Å². The van der Waals surface area contributed by atoms with E-state index in [1.54, 1.807) is 6.07 Å². The second-order valence-corrected chi connectivity index (χ2v) is 4.14. The number of carbonyl (C=O) groups is 2. The molecule has 1 aromatic carbocycles. The summed E-state index contributed by atoms with van der Waals surface area (Å²) in [5.41, 5.74) is 0.204. The standard InChI is InChI=1S/C11H10ClNO3/c12-7-2-1-3-8(9(7)11(15)16)13-10(14)6-4-5-6/h1-3,6H,4-5H2,(H,13,14)(H,15,16). The first-order chi connectivity index (χ1) is 7.59. The van der Waals surface area contributed by atoms with Crippen molar-refractivity contribution in [2.45, 2.75) is 12.8 Å². The molecule has 2 rings (SSSR count). The van der Waals surface area contributed by atoms with E-state index in [9.17, 15) is 9.59 Å². The molecule has 0 unspecified atom stereocenters. The molecule has 0 heterocycles. The molecule has 16 heavy (non-hydrogen) atoms. The van der Waals surface area contributed by atoms with Gasteiger partial charge in [0.1, 0.15) is 5.56 Å². The maximum Gasteiger partial charge on any atom is 0.339 e. The van der Waals surface area contributed by atoms with Crippen LogP contribution in [0.15, 0.2) is 18.2 Å². The predicted molar refractivity (Wildman–Crippen MR) is 59.8 cm³/mol. The lowest BCUT2D eigenvalue weighted by Crippen LogP contribution is -2.16. The highest BCUT2D eigenvalue weighted by atomic mass is 35.5. The zero-order valence-electron chi connectivity index (χ0n) is 8.37. The normalized spacial score (nSPS) is 14.6. The van der Waals surface area contributed by atoms with Gasteiger partial charge in [-0.1, -0.05) is 17.7 Å². The van der Waals surface area contributed by atoms with Crippen molar-refractivity contribution in [3.8, 4) is 0 Å². The summed E-state index contributed by atoms with van der Waals surface area (Å²) in [6, 6.07) is 4.63. The molecule has 0 spiro atoms. The van der Waals surface area contributed by atoms with Gasteiger partial charge in [-0.15, -0.1) is 0 Å². The molecule has 0 bridgehead atoms. The summed E-state index contributed by atoms with van der Waals surface area (Å²) in [4.78, 5) is 22.5. The molecule has 4 nitrogen and oxygen atoms in total. The quantitative estimate of drug-likeness (QED) is 0.851. The third kappa shape index (κ3) is 2.17. The first-order valence-electron chi connectivity index (χ1n) is 4.92. The van der Waals surface area contributed by atoms with E-state index < -0.39 is 5.97 Å². The van der Waals surface area contributed by atoms with Gasteiger partial charge in [0.2, 0.25) is 5.91 Å². The van der Waals surface area contributed by atoms with Gasteiger partial charge in [0.15, 0.2) is 0 Å². The molecule has 0 radical (unpaired) electrons. The summed E-state index contributed by atoms with van der Waals surface area (Å²) in [6.45, 7) is 0. The molecule has 1 aliphatic carbocycles. The number of anilines is 1. The first kappa shape index (κ1) is 11.0. The number of halogens is 1. The Hall–Kier alpha value is -1.55. The van der Waals surface area contributed by atoms with Gasteiger partial charge in [-0.2, -0.15) is 0 Å². The number of carbonyl (C=O) groups excluding carboxylic acids is 1. The van der Waals surface area contributed by atoms with Crippen LogP contribution >= 0.6 is 11.6 Å². The lowest BCUT2D eigenvalue weighted by atomic mass is 10.1. The van der Waals surface area contributed by atoms with Crippen LogP contribution in [0.5, 0.6) is 0 Å². The van der Waals surface area contributed by atoms with E-state index in [2.05, 4.69) is 5.32 Å². The number of hydrogen-bond acceptors (Lipinski definition) is 2. The number of benzene rings is 1. The smallest absolute Gasteiger partial charge is 0.339 e. The van der Waals surface area contributed by atoms with Gasteiger partial charge in [-0.25, -0.2) is 4.79 Å². The van der Waals surface area contributed by atoms with Crippen molar-refractivity contribution in [2.24, 2.45) is 5.92 Å². The van der Waals surface area contributed by atoms with Crippen LogP contribution in [0.25, 0.3) is 0 Å². The van der Waals surface area contributed by atoms with Gasteiger partial charge in [-0.3, -0.25) is 4.79 Å². The van der Waals surface area contributed by atoms with Crippen molar-refractivity contribution in [3.63, 3.8) is 0 Å². The van der Waals surface area contributed by atoms with Crippen molar-refractivity contribution in [3.05, 3.63) is 28.8 Å². The predicted octanol–water partition coefficient (Wildman–Crippen LogP) is 2.39. The average molecular weight is 240 g/mol. The third-order valence-corrected chi connectivity index (χ3v) is 2.75. The van der Waals surface area contributed by atoms with E-state index in [0.717, 1.165) is 12.8 Å². The molecule has 1 saturated carbocycles. The maximum atomic E-state index is 11.5. The molecule has 0 aliphatic heterocycles. The van der Waals surface area contributed by atoms with Crippen LogP contribution < -0.4 is 5.32 Å². The highest BCUT2D eigenvalue weighted by Gasteiger charge is 2.30. The average Bonchev–Trinajstić information content (AvgIpc) is 2.99. The topological polar surface area (TPSA) is 66.4 Å². The van der Waals surface area contributed by atoms with Crippen LogP contribution in [0.4, 0.5) is 5.69 Å². The number of aromatic carboxylic acids is 1. The monoisotopic (exact) mass is 239 g/mol. The molecule has 1 aliphatic rings. The molecular formula is C11H10ClNO3. The molecule has 1 fully saturated rings. The molecule has 1 aromatic rings. The Labute approximate surface area is 97.2 Å². The van der Waals surface area contributed by atoms with Gasteiger partial charge in [0.05, 0.1) is 10.7 Å². The SMILES string of the molecule is O=C(O)c1c(Cl)cccc1NC(=O)C1CC1. The molecular weight excluding hydrogens is 230 g/mol. The molecule has 0 saturated heterocycles. The zero-order valence-corrected chi connectivity index (χ0v) is 9.12. The van der Waals surface area contributed by atoms with E-state index in [-0.39, 0.29) is 28.1 Å². The molecule has 0 atom stereocenters. The van der Waals surface area contributed by atoms with E-state index in [4.69, 9.17) is 16.7 Å². The van der Waals surface area contributed by atoms with E-state index >= 15 is 0 Å². The van der Waals surface area contributed by atoms with Crippen LogP contribution in [0.1, 0.15) is 23.2 Å². The van der Waals surface area contributed by atoms with Crippen LogP contribution in [-0.2, 0) is 4.79 Å².